The van der Waals surface area contributed by atoms with Gasteiger partial charge in [0.2, 0.25) is 0 Å². The number of nitrogens with zero attached hydrogens (tertiary/aromatic N) is 1. The number of nitrogens with two attached hydrogens (primary N) is 1. The van der Waals surface area contributed by atoms with Crippen LogP contribution >= 0.6 is 0 Å². The van der Waals surface area contributed by atoms with Crippen molar-refractivity contribution >= 4 is 23.1 Å². The van der Waals surface area contributed by atoms with E-state index in [2.05, 4.69) is 16.0 Å². The van der Waals surface area contributed by atoms with E-state index in [1.807, 2.05) is 0 Å². The number of amides is 2. The number of carbonyl (C=O) groups is 1. The minimum atomic E-state index is -0.605. The van der Waals surface area contributed by atoms with Gasteiger partial charge in [-0.2, -0.15) is 0 Å². The standard InChI is InChI=1S/C10H15N5O3/c1-12-7-4-8(6-9(5-7)15(17)18)13-2-3-14-10(11)16/h4-6,12-13H,2-3H2,1H3,(H3,11,14,16). The minimum Gasteiger partial charge on any atom is -0.388 e. The number of carbonyl (C=O) groups excluding carboxylic acids is 1. The van der Waals surface area contributed by atoms with Gasteiger partial charge in [-0.15, -0.1) is 0 Å². The van der Waals surface area contributed by atoms with E-state index in [9.17, 15) is 14.9 Å². The van der Waals surface area contributed by atoms with E-state index in [0.717, 1.165) is 0 Å². The summed E-state index contributed by atoms with van der Waals surface area (Å²) in [5.74, 6) is 0. The van der Waals surface area contributed by atoms with E-state index in [4.69, 9.17) is 5.73 Å². The zero-order valence-corrected chi connectivity index (χ0v) is 9.90. The number of rotatable bonds is 6. The Hall–Kier alpha value is -2.51. The molecule has 0 bridgehead atoms. The van der Waals surface area contributed by atoms with Gasteiger partial charge in [-0.05, 0) is 6.07 Å². The second-order valence-corrected chi connectivity index (χ2v) is 3.49. The van der Waals surface area contributed by atoms with Crippen molar-refractivity contribution in [2.75, 3.05) is 30.8 Å². The average molecular weight is 253 g/mol. The largest absolute Gasteiger partial charge is 0.388 e. The number of anilines is 2. The summed E-state index contributed by atoms with van der Waals surface area (Å²) in [6.45, 7) is 0.764. The fraction of sp³-hybridized carbons (Fsp3) is 0.300. The number of hydrogen-bond donors (Lipinski definition) is 4. The van der Waals surface area contributed by atoms with Crippen molar-refractivity contribution in [1.29, 1.82) is 0 Å². The Bertz CT molecular complexity index is 449. The molecule has 8 nitrogen and oxygen atoms in total. The van der Waals surface area contributed by atoms with Crippen molar-refractivity contribution in [3.05, 3.63) is 28.3 Å². The van der Waals surface area contributed by atoms with Gasteiger partial charge in [0.25, 0.3) is 5.69 Å². The van der Waals surface area contributed by atoms with Crippen LogP contribution < -0.4 is 21.7 Å². The van der Waals surface area contributed by atoms with Crippen LogP contribution in [0.3, 0.4) is 0 Å². The number of nitrogens with one attached hydrogen (secondary N) is 3. The van der Waals surface area contributed by atoms with E-state index in [-0.39, 0.29) is 5.69 Å². The van der Waals surface area contributed by atoms with Gasteiger partial charge in [0.05, 0.1) is 4.92 Å². The van der Waals surface area contributed by atoms with Crippen LogP contribution in [0.25, 0.3) is 0 Å². The van der Waals surface area contributed by atoms with Gasteiger partial charge >= 0.3 is 6.03 Å². The smallest absolute Gasteiger partial charge is 0.312 e. The molecule has 0 radical (unpaired) electrons. The van der Waals surface area contributed by atoms with Crippen molar-refractivity contribution in [2.24, 2.45) is 5.73 Å². The molecular weight excluding hydrogens is 238 g/mol. The van der Waals surface area contributed by atoms with Crippen LogP contribution in [0.5, 0.6) is 0 Å². The van der Waals surface area contributed by atoms with Crippen LogP contribution in [-0.4, -0.2) is 31.1 Å². The highest BCUT2D eigenvalue weighted by Gasteiger charge is 2.08. The van der Waals surface area contributed by atoms with Gasteiger partial charge in [-0.3, -0.25) is 10.1 Å². The zero-order valence-electron chi connectivity index (χ0n) is 9.90. The normalized spacial score (nSPS) is 9.61. The third-order valence-corrected chi connectivity index (χ3v) is 2.17. The lowest BCUT2D eigenvalue weighted by Crippen LogP contribution is -2.33. The van der Waals surface area contributed by atoms with E-state index in [1.165, 1.54) is 12.1 Å². The number of hydrogen-bond acceptors (Lipinski definition) is 5. The molecule has 8 heteroatoms. The maximum atomic E-state index is 10.7. The minimum absolute atomic E-state index is 0.00721. The first kappa shape index (κ1) is 13.6. The third kappa shape index (κ3) is 4.16. The number of primary amides is 1. The molecule has 0 aliphatic heterocycles. The molecule has 98 valence electrons. The summed E-state index contributed by atoms with van der Waals surface area (Å²) in [5, 5.41) is 18.9. The molecule has 2 amide bonds. The van der Waals surface area contributed by atoms with Gasteiger partial charge < -0.3 is 21.7 Å². The van der Waals surface area contributed by atoms with E-state index in [0.29, 0.717) is 24.5 Å². The lowest BCUT2D eigenvalue weighted by molar-refractivity contribution is -0.384. The Kier molecular flexibility index (Phi) is 4.73. The fourth-order valence-electron chi connectivity index (χ4n) is 1.36. The van der Waals surface area contributed by atoms with Gasteiger partial charge in [-0.1, -0.05) is 0 Å². The molecule has 0 heterocycles. The predicted molar refractivity (Wildman–Crippen MR) is 68.7 cm³/mol. The first-order valence-electron chi connectivity index (χ1n) is 5.27. The Morgan fingerprint density at radius 1 is 1.33 bits per heavy atom. The lowest BCUT2D eigenvalue weighted by Gasteiger charge is -2.08. The molecule has 0 fully saturated rings. The molecule has 0 saturated heterocycles. The zero-order chi connectivity index (χ0) is 13.5. The molecule has 1 rings (SSSR count). The Morgan fingerprint density at radius 3 is 2.56 bits per heavy atom. The molecule has 0 unspecified atom stereocenters. The van der Waals surface area contributed by atoms with Crippen LogP contribution in [-0.2, 0) is 0 Å². The van der Waals surface area contributed by atoms with Crippen molar-refractivity contribution in [3.63, 3.8) is 0 Å². The Morgan fingerprint density at radius 2 is 2.00 bits per heavy atom. The van der Waals surface area contributed by atoms with Crippen LogP contribution in [0.15, 0.2) is 18.2 Å². The van der Waals surface area contributed by atoms with Crippen LogP contribution in [0, 0.1) is 10.1 Å². The first-order valence-corrected chi connectivity index (χ1v) is 5.27. The Labute approximate surface area is 104 Å². The summed E-state index contributed by atoms with van der Waals surface area (Å²) in [6, 6.07) is 3.99. The molecule has 0 aliphatic rings. The molecule has 0 spiro atoms. The van der Waals surface area contributed by atoms with Gasteiger partial charge in [0.1, 0.15) is 0 Å². The molecule has 18 heavy (non-hydrogen) atoms. The summed E-state index contributed by atoms with van der Waals surface area (Å²) in [6.07, 6.45) is 0. The molecule has 0 aliphatic carbocycles. The van der Waals surface area contributed by atoms with E-state index in [1.54, 1.807) is 13.1 Å². The highest BCUT2D eigenvalue weighted by molar-refractivity contribution is 5.71. The maximum absolute atomic E-state index is 10.7. The van der Waals surface area contributed by atoms with Gasteiger partial charge in [-0.25, -0.2) is 4.79 Å². The highest BCUT2D eigenvalue weighted by atomic mass is 16.6. The SMILES string of the molecule is CNc1cc(NCCNC(N)=O)cc([N+](=O)[O-])c1. The molecular formula is C10H15N5O3. The molecule has 0 aromatic heterocycles. The Balaban J connectivity index is 2.66. The molecule has 1 aromatic rings. The predicted octanol–water partition coefficient (Wildman–Crippen LogP) is 0.717. The van der Waals surface area contributed by atoms with Crippen molar-refractivity contribution in [3.8, 4) is 0 Å². The van der Waals surface area contributed by atoms with Crippen LogP contribution in [0.4, 0.5) is 21.9 Å². The van der Waals surface area contributed by atoms with Crippen molar-refractivity contribution < 1.29 is 9.72 Å². The number of urea groups is 1. The number of benzene rings is 1. The molecule has 5 N–H and O–H groups in total. The molecule has 0 saturated carbocycles. The quantitative estimate of drug-likeness (QED) is 0.338. The topological polar surface area (TPSA) is 122 Å². The van der Waals surface area contributed by atoms with E-state index >= 15 is 0 Å². The first-order chi connectivity index (χ1) is 8.52. The highest BCUT2D eigenvalue weighted by Crippen LogP contribution is 2.23. The summed E-state index contributed by atoms with van der Waals surface area (Å²) in [4.78, 5) is 20.7. The summed E-state index contributed by atoms with van der Waals surface area (Å²) in [5.41, 5.74) is 6.13. The second kappa shape index (κ2) is 6.28. The van der Waals surface area contributed by atoms with Crippen LogP contribution in [0.2, 0.25) is 0 Å². The van der Waals surface area contributed by atoms with Crippen molar-refractivity contribution in [2.45, 2.75) is 0 Å². The summed E-state index contributed by atoms with van der Waals surface area (Å²) < 4.78 is 0. The number of non-ortho nitro benzene ring substituents is 1. The lowest BCUT2D eigenvalue weighted by atomic mass is 10.2. The number of nitro benzene ring substituents is 1. The van der Waals surface area contributed by atoms with Gasteiger partial charge in [0.15, 0.2) is 0 Å². The third-order valence-electron chi connectivity index (χ3n) is 2.17. The van der Waals surface area contributed by atoms with Crippen molar-refractivity contribution in [1.82, 2.24) is 5.32 Å². The van der Waals surface area contributed by atoms with Crippen LogP contribution in [0.1, 0.15) is 0 Å². The van der Waals surface area contributed by atoms with Gasteiger partial charge in [0, 0.05) is 43.6 Å². The summed E-state index contributed by atoms with van der Waals surface area (Å²) >= 11 is 0. The summed E-state index contributed by atoms with van der Waals surface area (Å²) in [7, 11) is 1.68. The monoisotopic (exact) mass is 253 g/mol. The second-order valence-electron chi connectivity index (χ2n) is 3.49. The van der Waals surface area contributed by atoms with E-state index < -0.39 is 11.0 Å². The molecule has 0 atom stereocenters. The molecule has 1 aromatic carbocycles. The average Bonchev–Trinajstić information content (AvgIpc) is 2.34. The maximum Gasteiger partial charge on any atom is 0.312 e. The number of nitro groups is 1. The fourth-order valence-corrected chi connectivity index (χ4v) is 1.36.